The molecule has 5 atom stereocenters. The van der Waals surface area contributed by atoms with Crippen molar-refractivity contribution in [1.82, 2.24) is 68.5 Å². The van der Waals surface area contributed by atoms with Crippen LogP contribution in [0.2, 0.25) is 0 Å². The van der Waals surface area contributed by atoms with E-state index in [-0.39, 0.29) is 114 Å². The Bertz CT molecular complexity index is 4240. The molecule has 103 heavy (non-hydrogen) atoms. The summed E-state index contributed by atoms with van der Waals surface area (Å²) in [4.78, 5) is 136. The van der Waals surface area contributed by atoms with Gasteiger partial charge in [-0.25, -0.2) is 23.5 Å². The number of nitrogens with zero attached hydrogens (tertiary/aromatic N) is 15. The minimum Gasteiger partial charge on any atom is -1.00 e. The summed E-state index contributed by atoms with van der Waals surface area (Å²) in [6.07, 6.45) is 7.65. The number of anilines is 2. The SMILES string of the molecule is CCNCCCn1cnc2c1ccc[n+]2CC1=C(C(=O)[O-])N2C(=O)C(NC(=O)/C(=N\OCC)c3nsc(N)n3)C2SC1.Cl.[B]P(C)OC(=O)C1=C(C[n+]2cccc3c2ncn3CCCN(CC)C(=O)OC(C)(C)C)CSC2C(NC(=O)/C(=N\OCC)c3nsc(NC(=O)OC(C)(C)C)n3)C(=O)N12.[I-]. The highest BCUT2D eigenvalue weighted by molar-refractivity contribution is 8.00. The first-order valence-electron chi connectivity index (χ1n) is 32.2. The van der Waals surface area contributed by atoms with Gasteiger partial charge in [-0.1, -0.05) is 17.2 Å². The Hall–Kier alpha value is -7.89. The van der Waals surface area contributed by atoms with E-state index < -0.39 is 83.7 Å². The number of carboxylic acids is 1. The number of amides is 6. The number of hydrogen-bond donors (Lipinski definition) is 5. The largest absolute Gasteiger partial charge is 1.00 e. The lowest BCUT2D eigenvalue weighted by Gasteiger charge is -2.50. The highest BCUT2D eigenvalue weighted by atomic mass is 127. The lowest BCUT2D eigenvalue weighted by molar-refractivity contribution is -0.665. The van der Waals surface area contributed by atoms with Crippen LogP contribution in [0.25, 0.3) is 22.3 Å². The number of carbonyl (C=O) groups excluding carboxylic acids is 8. The Balaban J connectivity index is 0.000000298. The summed E-state index contributed by atoms with van der Waals surface area (Å²) < 4.78 is 32.2. The number of aliphatic carboxylic acids is 1. The van der Waals surface area contributed by atoms with Crippen LogP contribution in [-0.2, 0) is 78.6 Å². The number of oxime groups is 2. The number of thioether (sulfide) groups is 2. The molecule has 554 valence electrons. The third kappa shape index (κ3) is 20.3. The number of nitrogen functional groups attached to an aromatic ring is 1. The van der Waals surface area contributed by atoms with Crippen LogP contribution in [0.3, 0.4) is 0 Å². The van der Waals surface area contributed by atoms with Gasteiger partial charge in [0.2, 0.25) is 40.9 Å². The van der Waals surface area contributed by atoms with Crippen LogP contribution in [0.5, 0.6) is 0 Å². The predicted molar refractivity (Wildman–Crippen MR) is 383 cm³/mol. The van der Waals surface area contributed by atoms with Gasteiger partial charge in [0.25, 0.3) is 23.6 Å². The third-order valence-corrected chi connectivity index (χ3v) is 19.4. The van der Waals surface area contributed by atoms with Crippen LogP contribution >= 0.6 is 67.0 Å². The number of β-lactam (4-membered cyclic amide) rings is 2. The van der Waals surface area contributed by atoms with Crippen LogP contribution in [-0.4, -0.2) is 211 Å². The monoisotopic (exact) mass is 1650 g/mol. The standard InChI is InChI=1S/C36H48BN10O9PS2.C25H30N10O5S2.ClH.HI/c1-10-44(34(52)55-36(6,7)8)16-13-17-46-20-38-27-22(46)14-12-15-45(27)18-21-19-58-30-24(29(49)47(30)25(21)31(50)56-57(9)37)39-28(48)23(42-53-11-2)26-40-32(59-43-26)41-33(51)54-35(3,4)5;1-3-27-8-6-10-34-13-28-20-15(34)7-5-9-33(20)11-14-12-41-23-17(22(37)35(23)18(14)24(38)39)29-21(36)16(31-40-4-2)19-30-25(26)42-32-19;;/h12,14-15,20,24,30H,10-11,13,16-19H2,1-9H3,(H-,39,40,41,43,48,51);5,7,9,13,17,23,27H,3-4,6,8,10-12H2,1-2H3,(H3-,26,29,30,32,36,38,39);2*1H/b42-23-;31-16-;;. The number of carbonyl (C=O) groups is 8. The van der Waals surface area contributed by atoms with Gasteiger partial charge in [-0.2, -0.15) is 18.7 Å². The molecular formula is C61H80BClIN20O14PS4. The van der Waals surface area contributed by atoms with Gasteiger partial charge in [0.15, 0.2) is 12.7 Å². The Morgan fingerprint density at radius 2 is 1.26 bits per heavy atom. The number of carboxylic acid groups (broad SMARTS) is 1. The highest BCUT2D eigenvalue weighted by Crippen LogP contribution is 2.43. The van der Waals surface area contributed by atoms with Crippen LogP contribution in [0.15, 0.2) is 82.2 Å². The van der Waals surface area contributed by atoms with E-state index in [0.717, 1.165) is 60.2 Å². The molecule has 4 aliphatic rings. The summed E-state index contributed by atoms with van der Waals surface area (Å²) in [5.74, 6) is -4.45. The summed E-state index contributed by atoms with van der Waals surface area (Å²) >= 11 is 4.39. The van der Waals surface area contributed by atoms with Gasteiger partial charge in [0.05, 0.1) is 24.1 Å². The molecule has 2 saturated heterocycles. The van der Waals surface area contributed by atoms with Crippen molar-refractivity contribution in [2.24, 2.45) is 10.3 Å². The predicted octanol–water partition coefficient (Wildman–Crippen LogP) is -0.0548. The van der Waals surface area contributed by atoms with Crippen LogP contribution < -0.4 is 65.2 Å². The zero-order valence-corrected chi connectivity index (χ0v) is 65.4. The van der Waals surface area contributed by atoms with E-state index in [9.17, 15) is 43.5 Å². The number of nitrogens with one attached hydrogen (secondary N) is 4. The van der Waals surface area contributed by atoms with Gasteiger partial charge in [0, 0.05) is 79.9 Å². The minimum atomic E-state index is -1.62. The number of hydrogen-bond acceptors (Lipinski definition) is 28. The molecular weight excluding hydrogens is 1570 g/mol. The second-order valence-corrected chi connectivity index (χ2v) is 29.8. The van der Waals surface area contributed by atoms with Gasteiger partial charge in [-0.15, -0.1) is 35.9 Å². The number of rotatable bonds is 28. The summed E-state index contributed by atoms with van der Waals surface area (Å²) in [6.45, 7) is 24.5. The van der Waals surface area contributed by atoms with Gasteiger partial charge in [-0.05, 0) is 129 Å². The first kappa shape index (κ1) is 82.4. The van der Waals surface area contributed by atoms with E-state index >= 15 is 0 Å². The Kier molecular flexibility index (Phi) is 29.4. The van der Waals surface area contributed by atoms with Crippen molar-refractivity contribution < 1.29 is 100 Å². The summed E-state index contributed by atoms with van der Waals surface area (Å²) in [7, 11) is 4.30. The molecule has 34 nitrogen and oxygen atoms in total. The smallest absolute Gasteiger partial charge is 0.414 e. The molecule has 5 unspecified atom stereocenters. The number of imidazole rings is 2. The van der Waals surface area contributed by atoms with E-state index in [0.29, 0.717) is 60.0 Å². The molecule has 0 saturated carbocycles. The van der Waals surface area contributed by atoms with Crippen molar-refractivity contribution in [1.29, 1.82) is 0 Å². The van der Waals surface area contributed by atoms with Crippen molar-refractivity contribution in [2.45, 2.75) is 142 Å². The quantitative estimate of drug-likeness (QED) is 0.00628. The lowest BCUT2D eigenvalue weighted by Crippen LogP contribution is -3.00. The molecule has 6 aromatic heterocycles. The summed E-state index contributed by atoms with van der Waals surface area (Å²) in [5, 5.41) is 30.0. The number of ether oxygens (including phenoxy) is 2. The van der Waals surface area contributed by atoms with E-state index in [1.54, 1.807) is 58.8 Å². The number of halogens is 2. The van der Waals surface area contributed by atoms with Crippen molar-refractivity contribution in [3.63, 3.8) is 0 Å². The molecule has 6 aromatic rings. The third-order valence-electron chi connectivity index (χ3n) is 15.1. The molecule has 2 radical (unpaired) electrons. The first-order valence-corrected chi connectivity index (χ1v) is 37.6. The topological polar surface area (TPSA) is 409 Å². The zero-order chi connectivity index (χ0) is 73.0. The molecule has 2 fully saturated rings. The fraction of sp³-hybridized carbons (Fsp3) is 0.508. The van der Waals surface area contributed by atoms with E-state index in [4.69, 9.17) is 37.0 Å². The number of nitrogens with two attached hydrogens (primary N) is 1. The molecule has 10 rings (SSSR count). The number of fused-ring (bicyclic) bond motifs is 4. The first-order chi connectivity index (χ1) is 48.1. The molecule has 0 spiro atoms. The zero-order valence-electron chi connectivity index (χ0n) is 58.3. The second kappa shape index (κ2) is 36.7. The molecule has 0 aromatic carbocycles. The fourth-order valence-corrected chi connectivity index (χ4v) is 14.8. The second-order valence-electron chi connectivity index (χ2n) is 24.7. The molecule has 6 amide bonds. The molecule has 10 heterocycles. The van der Waals surface area contributed by atoms with E-state index in [2.05, 4.69) is 71.8 Å². The molecule has 0 aliphatic carbocycles. The molecule has 6 N–H and O–H groups in total. The van der Waals surface area contributed by atoms with E-state index in [1.807, 2.05) is 78.1 Å². The average molecular weight is 1650 g/mol. The Labute approximate surface area is 635 Å². The van der Waals surface area contributed by atoms with E-state index in [1.165, 1.54) is 33.3 Å². The van der Waals surface area contributed by atoms with Crippen molar-refractivity contribution in [2.75, 3.05) is 68.6 Å². The number of pyridine rings is 2. The van der Waals surface area contributed by atoms with Gasteiger partial charge >= 0.3 is 29.5 Å². The molecule has 42 heteroatoms. The Morgan fingerprint density at radius 1 is 0.757 bits per heavy atom. The average Bonchev–Trinajstić information content (AvgIpc) is 1.73. The van der Waals surface area contributed by atoms with Crippen LogP contribution in [0.1, 0.15) is 93.7 Å². The number of aromatic nitrogens is 10. The maximum Gasteiger partial charge on any atom is 0.414 e. The van der Waals surface area contributed by atoms with Crippen molar-refractivity contribution in [3.05, 3.63) is 83.5 Å². The minimum absolute atomic E-state index is 0. The van der Waals surface area contributed by atoms with Gasteiger partial charge < -0.3 is 93.3 Å². The Morgan fingerprint density at radius 3 is 1.74 bits per heavy atom. The number of aryl methyl sites for hydroxylation is 2. The van der Waals surface area contributed by atoms with Crippen LogP contribution in [0.4, 0.5) is 19.9 Å². The highest BCUT2D eigenvalue weighted by Gasteiger charge is 2.56. The summed E-state index contributed by atoms with van der Waals surface area (Å²) in [6, 6.07) is 5.62. The van der Waals surface area contributed by atoms with Crippen molar-refractivity contribution >= 4 is 166 Å². The lowest BCUT2D eigenvalue weighted by atomic mass is 10.0. The van der Waals surface area contributed by atoms with Gasteiger partial charge in [-0.3, -0.25) is 34.3 Å². The fourth-order valence-electron chi connectivity index (χ4n) is 10.8. The maximum atomic E-state index is 13.9. The molecule has 0 bridgehead atoms. The van der Waals surface area contributed by atoms with Crippen LogP contribution in [0, 0.1) is 0 Å². The van der Waals surface area contributed by atoms with Gasteiger partial charge in [0.1, 0.15) is 77.1 Å². The van der Waals surface area contributed by atoms with Crippen molar-refractivity contribution in [3.8, 4) is 0 Å². The normalized spacial score (nSPS) is 17.6. The molecule has 4 aliphatic heterocycles. The summed E-state index contributed by atoms with van der Waals surface area (Å²) in [5.41, 5.74) is 7.83. The maximum absolute atomic E-state index is 13.9.